The summed E-state index contributed by atoms with van der Waals surface area (Å²) in [5.74, 6) is 0. The maximum Gasteiger partial charge on any atom is 0.0945 e. The van der Waals surface area contributed by atoms with Gasteiger partial charge < -0.3 is 9.88 Å². The van der Waals surface area contributed by atoms with Crippen LogP contribution in [-0.4, -0.2) is 39.6 Å². The van der Waals surface area contributed by atoms with E-state index in [0.29, 0.717) is 12.1 Å². The minimum atomic E-state index is 0. The van der Waals surface area contributed by atoms with Gasteiger partial charge in [0.15, 0.2) is 0 Å². The van der Waals surface area contributed by atoms with E-state index in [2.05, 4.69) is 40.7 Å². The van der Waals surface area contributed by atoms with Gasteiger partial charge in [-0.1, -0.05) is 0 Å². The Bertz CT molecular complexity index is 316. The van der Waals surface area contributed by atoms with E-state index in [1.807, 2.05) is 12.5 Å². The molecular formula is C11H21ClN4. The molecule has 2 heterocycles. The molecular weight excluding hydrogens is 224 g/mol. The van der Waals surface area contributed by atoms with E-state index >= 15 is 0 Å². The molecule has 2 atom stereocenters. The maximum atomic E-state index is 4.16. The van der Waals surface area contributed by atoms with E-state index in [1.54, 1.807) is 0 Å². The molecule has 1 aliphatic rings. The third-order valence-electron chi connectivity index (χ3n) is 3.27. The molecule has 4 nitrogen and oxygen atoms in total. The van der Waals surface area contributed by atoms with E-state index in [9.17, 15) is 0 Å². The van der Waals surface area contributed by atoms with Gasteiger partial charge in [-0.05, 0) is 13.8 Å². The Morgan fingerprint density at radius 1 is 1.38 bits per heavy atom. The predicted octanol–water partition coefficient (Wildman–Crippen LogP) is 1.02. The van der Waals surface area contributed by atoms with Crippen LogP contribution in [0.25, 0.3) is 0 Å². The molecule has 1 saturated heterocycles. The monoisotopic (exact) mass is 244 g/mol. The summed E-state index contributed by atoms with van der Waals surface area (Å²) in [5.41, 5.74) is 1.29. The number of aromatic nitrogens is 2. The van der Waals surface area contributed by atoms with Gasteiger partial charge in [-0.2, -0.15) is 0 Å². The average molecular weight is 245 g/mol. The lowest BCUT2D eigenvalue weighted by Gasteiger charge is -2.39. The summed E-state index contributed by atoms with van der Waals surface area (Å²) < 4.78 is 2.10. The highest BCUT2D eigenvalue weighted by Crippen LogP contribution is 2.13. The summed E-state index contributed by atoms with van der Waals surface area (Å²) in [6, 6.07) is 1.20. The highest BCUT2D eigenvalue weighted by Gasteiger charge is 2.24. The fourth-order valence-corrected chi connectivity index (χ4v) is 2.21. The molecule has 0 amide bonds. The van der Waals surface area contributed by atoms with Gasteiger partial charge in [-0.15, -0.1) is 12.4 Å². The fraction of sp³-hybridized carbons (Fsp3) is 0.727. The topological polar surface area (TPSA) is 33.1 Å². The Morgan fingerprint density at radius 3 is 2.50 bits per heavy atom. The summed E-state index contributed by atoms with van der Waals surface area (Å²) >= 11 is 0. The molecule has 0 aliphatic carbocycles. The number of nitrogens with one attached hydrogen (secondary N) is 1. The normalized spacial score (nSPS) is 26.4. The standard InChI is InChI=1S/C11H20N4.ClH/c1-9-4-12-5-10(2)15(9)7-11-6-13-8-14(11)3;/h6,8-10,12H,4-5,7H2,1-3H3;1H/t9-,10+;. The van der Waals surface area contributed by atoms with Crippen LogP contribution in [0.3, 0.4) is 0 Å². The largest absolute Gasteiger partial charge is 0.337 e. The lowest BCUT2D eigenvalue weighted by atomic mass is 10.1. The van der Waals surface area contributed by atoms with Gasteiger partial charge in [0.25, 0.3) is 0 Å². The number of hydrogen-bond acceptors (Lipinski definition) is 3. The van der Waals surface area contributed by atoms with Crippen molar-refractivity contribution in [2.75, 3.05) is 13.1 Å². The van der Waals surface area contributed by atoms with Crippen molar-refractivity contribution >= 4 is 12.4 Å². The number of piperazine rings is 1. The van der Waals surface area contributed by atoms with E-state index in [1.165, 1.54) is 5.69 Å². The van der Waals surface area contributed by atoms with Gasteiger partial charge in [0.2, 0.25) is 0 Å². The Balaban J connectivity index is 0.00000128. The van der Waals surface area contributed by atoms with Crippen molar-refractivity contribution in [2.45, 2.75) is 32.5 Å². The summed E-state index contributed by atoms with van der Waals surface area (Å²) in [4.78, 5) is 6.69. The van der Waals surface area contributed by atoms with Gasteiger partial charge in [-0.3, -0.25) is 4.90 Å². The van der Waals surface area contributed by atoms with Crippen LogP contribution < -0.4 is 5.32 Å². The second kappa shape index (κ2) is 5.66. The van der Waals surface area contributed by atoms with Crippen LogP contribution in [0.1, 0.15) is 19.5 Å². The van der Waals surface area contributed by atoms with Crippen LogP contribution >= 0.6 is 12.4 Å². The second-order valence-corrected chi connectivity index (χ2v) is 4.52. The smallest absolute Gasteiger partial charge is 0.0945 e. The summed E-state index contributed by atoms with van der Waals surface area (Å²) in [7, 11) is 2.06. The molecule has 1 aromatic rings. The number of nitrogens with zero attached hydrogens (tertiary/aromatic N) is 3. The molecule has 0 aromatic carbocycles. The van der Waals surface area contributed by atoms with Crippen molar-refractivity contribution in [3.63, 3.8) is 0 Å². The van der Waals surface area contributed by atoms with Gasteiger partial charge in [0, 0.05) is 45.0 Å². The Kier molecular flexibility index (Phi) is 4.77. The van der Waals surface area contributed by atoms with Gasteiger partial charge in [0.1, 0.15) is 0 Å². The fourth-order valence-electron chi connectivity index (χ4n) is 2.21. The minimum Gasteiger partial charge on any atom is -0.337 e. The third-order valence-corrected chi connectivity index (χ3v) is 3.27. The van der Waals surface area contributed by atoms with Crippen molar-refractivity contribution < 1.29 is 0 Å². The predicted molar refractivity (Wildman–Crippen MR) is 67.8 cm³/mol. The first kappa shape index (κ1) is 13.5. The Morgan fingerprint density at radius 2 is 2.00 bits per heavy atom. The Hall–Kier alpha value is -0.580. The van der Waals surface area contributed by atoms with Crippen LogP contribution in [0.15, 0.2) is 12.5 Å². The quantitative estimate of drug-likeness (QED) is 0.844. The summed E-state index contributed by atoms with van der Waals surface area (Å²) in [6.07, 6.45) is 3.83. The number of rotatable bonds is 2. The molecule has 1 aliphatic heterocycles. The zero-order chi connectivity index (χ0) is 10.8. The molecule has 0 bridgehead atoms. The molecule has 0 spiro atoms. The summed E-state index contributed by atoms with van der Waals surface area (Å²) in [5, 5.41) is 3.44. The SMILES string of the molecule is C[C@@H]1CNC[C@H](C)N1Cc1cncn1C.Cl. The first-order valence-corrected chi connectivity index (χ1v) is 5.60. The zero-order valence-corrected chi connectivity index (χ0v) is 11.0. The maximum absolute atomic E-state index is 4.16. The molecule has 1 fully saturated rings. The van der Waals surface area contributed by atoms with Gasteiger partial charge in [0.05, 0.1) is 12.0 Å². The average Bonchev–Trinajstić information content (AvgIpc) is 2.58. The molecule has 1 N–H and O–H groups in total. The molecule has 0 unspecified atom stereocenters. The summed E-state index contributed by atoms with van der Waals surface area (Å²) in [6.45, 7) is 7.73. The molecule has 0 saturated carbocycles. The first-order chi connectivity index (χ1) is 7.18. The van der Waals surface area contributed by atoms with Crippen molar-refractivity contribution in [2.24, 2.45) is 7.05 Å². The van der Waals surface area contributed by atoms with E-state index in [4.69, 9.17) is 0 Å². The molecule has 1 aromatic heterocycles. The van der Waals surface area contributed by atoms with Crippen LogP contribution in [0.4, 0.5) is 0 Å². The van der Waals surface area contributed by atoms with Crippen molar-refractivity contribution in [1.82, 2.24) is 19.8 Å². The minimum absolute atomic E-state index is 0. The lowest BCUT2D eigenvalue weighted by Crippen LogP contribution is -2.54. The molecule has 5 heteroatoms. The number of aryl methyl sites for hydroxylation is 1. The molecule has 92 valence electrons. The zero-order valence-electron chi connectivity index (χ0n) is 10.2. The molecule has 0 radical (unpaired) electrons. The first-order valence-electron chi connectivity index (χ1n) is 5.60. The van der Waals surface area contributed by atoms with Crippen LogP contribution in [-0.2, 0) is 13.6 Å². The second-order valence-electron chi connectivity index (χ2n) is 4.52. The van der Waals surface area contributed by atoms with E-state index in [-0.39, 0.29) is 12.4 Å². The van der Waals surface area contributed by atoms with E-state index < -0.39 is 0 Å². The van der Waals surface area contributed by atoms with Crippen molar-refractivity contribution in [3.8, 4) is 0 Å². The number of halogens is 1. The number of hydrogen-bond donors (Lipinski definition) is 1. The van der Waals surface area contributed by atoms with Crippen LogP contribution in [0, 0.1) is 0 Å². The molecule has 2 rings (SSSR count). The number of imidazole rings is 1. The lowest BCUT2D eigenvalue weighted by molar-refractivity contribution is 0.106. The van der Waals surface area contributed by atoms with Gasteiger partial charge in [-0.25, -0.2) is 4.98 Å². The van der Waals surface area contributed by atoms with Crippen LogP contribution in [0.5, 0.6) is 0 Å². The molecule has 16 heavy (non-hydrogen) atoms. The van der Waals surface area contributed by atoms with E-state index in [0.717, 1.165) is 19.6 Å². The van der Waals surface area contributed by atoms with Crippen molar-refractivity contribution in [1.29, 1.82) is 0 Å². The highest BCUT2D eigenvalue weighted by atomic mass is 35.5. The highest BCUT2D eigenvalue weighted by molar-refractivity contribution is 5.85. The third kappa shape index (κ3) is 2.75. The van der Waals surface area contributed by atoms with Gasteiger partial charge >= 0.3 is 0 Å². The Labute approximate surface area is 103 Å². The van der Waals surface area contributed by atoms with Crippen LogP contribution in [0.2, 0.25) is 0 Å². The van der Waals surface area contributed by atoms with Crippen molar-refractivity contribution in [3.05, 3.63) is 18.2 Å².